The van der Waals surface area contributed by atoms with E-state index in [1.807, 2.05) is 13.0 Å². The molecule has 26 heavy (non-hydrogen) atoms. The summed E-state index contributed by atoms with van der Waals surface area (Å²) < 4.78 is 10.8. The van der Waals surface area contributed by atoms with E-state index in [2.05, 4.69) is 10.6 Å². The smallest absolute Gasteiger partial charge is 0.257 e. The Bertz CT molecular complexity index is 612. The molecule has 2 atom stereocenters. The number of amides is 2. The molecule has 7 nitrogen and oxygen atoms in total. The molecule has 1 aromatic carbocycles. The van der Waals surface area contributed by atoms with Crippen LogP contribution in [0, 0.1) is 5.92 Å². The summed E-state index contributed by atoms with van der Waals surface area (Å²) >= 11 is 0. The lowest BCUT2D eigenvalue weighted by Gasteiger charge is -2.14. The molecule has 1 aliphatic carbocycles. The largest absolute Gasteiger partial charge is 0.493 e. The Labute approximate surface area is 160 Å². The van der Waals surface area contributed by atoms with Gasteiger partial charge in [-0.1, -0.05) is 6.07 Å². The maximum absolute atomic E-state index is 12.2. The maximum Gasteiger partial charge on any atom is 0.257 e. The molecule has 1 saturated carbocycles. The zero-order valence-corrected chi connectivity index (χ0v) is 16.1. The van der Waals surface area contributed by atoms with Gasteiger partial charge >= 0.3 is 0 Å². The quantitative estimate of drug-likeness (QED) is 0.627. The second-order valence-corrected chi connectivity index (χ2v) is 6.22. The number of likely N-dealkylation sites (N-methyl/N-ethyl adjacent to an activating group) is 1. The molecule has 8 heteroatoms. The third kappa shape index (κ3) is 6.38. The van der Waals surface area contributed by atoms with Gasteiger partial charge in [0, 0.05) is 25.0 Å². The van der Waals surface area contributed by atoms with Crippen LogP contribution in [-0.4, -0.2) is 38.1 Å². The van der Waals surface area contributed by atoms with Crippen LogP contribution in [0.15, 0.2) is 18.2 Å². The van der Waals surface area contributed by atoms with Gasteiger partial charge in [0.25, 0.3) is 5.91 Å². The van der Waals surface area contributed by atoms with Gasteiger partial charge in [0.2, 0.25) is 5.91 Å². The minimum Gasteiger partial charge on any atom is -0.493 e. The first-order valence-corrected chi connectivity index (χ1v) is 8.63. The summed E-state index contributed by atoms with van der Waals surface area (Å²) in [5, 5.41) is 5.61. The molecule has 0 saturated heterocycles. The third-order valence-electron chi connectivity index (χ3n) is 4.27. The van der Waals surface area contributed by atoms with Crippen LogP contribution in [0.5, 0.6) is 11.5 Å². The lowest BCUT2D eigenvalue weighted by Crippen LogP contribution is -2.30. The van der Waals surface area contributed by atoms with Gasteiger partial charge in [-0.05, 0) is 43.9 Å². The summed E-state index contributed by atoms with van der Waals surface area (Å²) in [6.07, 6.45) is 2.51. The molecule has 0 aromatic heterocycles. The van der Waals surface area contributed by atoms with E-state index in [9.17, 15) is 9.59 Å². The molecule has 4 N–H and O–H groups in total. The first-order chi connectivity index (χ1) is 12.0. The fourth-order valence-electron chi connectivity index (χ4n) is 2.92. The predicted octanol–water partition coefficient (Wildman–Crippen LogP) is 1.38. The van der Waals surface area contributed by atoms with Gasteiger partial charge in [0.15, 0.2) is 18.1 Å². The molecule has 146 valence electrons. The third-order valence-corrected chi connectivity index (χ3v) is 4.27. The SMILES string of the molecule is CCNC(=O)COc1ccc(CNC(=O)C2CCC(N)C2)cc1OC.Cl. The average Bonchev–Trinajstić information content (AvgIpc) is 3.05. The molecule has 2 amide bonds. The zero-order chi connectivity index (χ0) is 18.2. The second kappa shape index (κ2) is 10.9. The van der Waals surface area contributed by atoms with Gasteiger partial charge < -0.3 is 25.8 Å². The van der Waals surface area contributed by atoms with E-state index in [0.29, 0.717) is 24.6 Å². The van der Waals surface area contributed by atoms with Crippen molar-refractivity contribution in [3.05, 3.63) is 23.8 Å². The predicted molar refractivity (Wildman–Crippen MR) is 102 cm³/mol. The molecule has 0 heterocycles. The number of halogens is 1. The molecular formula is C18H28ClN3O4. The van der Waals surface area contributed by atoms with Crippen molar-refractivity contribution in [2.24, 2.45) is 11.7 Å². The van der Waals surface area contributed by atoms with Crippen molar-refractivity contribution in [3.63, 3.8) is 0 Å². The van der Waals surface area contributed by atoms with Crippen LogP contribution in [0.3, 0.4) is 0 Å². The number of ether oxygens (including phenoxy) is 2. The second-order valence-electron chi connectivity index (χ2n) is 6.22. The van der Waals surface area contributed by atoms with E-state index < -0.39 is 0 Å². The minimum absolute atomic E-state index is 0. The molecule has 0 aliphatic heterocycles. The van der Waals surface area contributed by atoms with Crippen molar-refractivity contribution in [1.29, 1.82) is 0 Å². The molecule has 1 aromatic rings. The van der Waals surface area contributed by atoms with E-state index in [4.69, 9.17) is 15.2 Å². The molecule has 1 aliphatic rings. The van der Waals surface area contributed by atoms with Crippen molar-refractivity contribution in [2.75, 3.05) is 20.3 Å². The number of carbonyl (C=O) groups excluding carboxylic acids is 2. The van der Waals surface area contributed by atoms with Crippen LogP contribution < -0.4 is 25.8 Å². The summed E-state index contributed by atoms with van der Waals surface area (Å²) in [6, 6.07) is 5.52. The Morgan fingerprint density at radius 2 is 2.00 bits per heavy atom. The Hall–Kier alpha value is -1.99. The van der Waals surface area contributed by atoms with Crippen molar-refractivity contribution >= 4 is 24.2 Å². The Kier molecular flexibility index (Phi) is 9.23. The lowest BCUT2D eigenvalue weighted by atomic mass is 10.1. The number of benzene rings is 1. The number of hydrogen-bond acceptors (Lipinski definition) is 5. The molecule has 0 bridgehead atoms. The summed E-state index contributed by atoms with van der Waals surface area (Å²) in [4.78, 5) is 23.6. The van der Waals surface area contributed by atoms with E-state index in [1.54, 1.807) is 12.1 Å². The van der Waals surface area contributed by atoms with Crippen LogP contribution >= 0.6 is 12.4 Å². The molecule has 1 fully saturated rings. The van der Waals surface area contributed by atoms with E-state index in [1.165, 1.54) is 7.11 Å². The van der Waals surface area contributed by atoms with Gasteiger partial charge in [-0.15, -0.1) is 12.4 Å². The monoisotopic (exact) mass is 385 g/mol. The number of hydrogen-bond donors (Lipinski definition) is 3. The number of methoxy groups -OCH3 is 1. The van der Waals surface area contributed by atoms with Crippen LogP contribution in [0.25, 0.3) is 0 Å². The van der Waals surface area contributed by atoms with Crippen LogP contribution in [-0.2, 0) is 16.1 Å². The molecular weight excluding hydrogens is 358 g/mol. The summed E-state index contributed by atoms with van der Waals surface area (Å²) in [5.41, 5.74) is 6.76. The Balaban J connectivity index is 0.00000338. The maximum atomic E-state index is 12.2. The lowest BCUT2D eigenvalue weighted by molar-refractivity contribution is -0.125. The highest BCUT2D eigenvalue weighted by Crippen LogP contribution is 2.28. The number of nitrogens with two attached hydrogens (primary N) is 1. The fraction of sp³-hybridized carbons (Fsp3) is 0.556. The van der Waals surface area contributed by atoms with Gasteiger partial charge in [0.05, 0.1) is 7.11 Å². The Morgan fingerprint density at radius 1 is 1.23 bits per heavy atom. The fourth-order valence-corrected chi connectivity index (χ4v) is 2.92. The van der Waals surface area contributed by atoms with Crippen LogP contribution in [0.4, 0.5) is 0 Å². The molecule has 0 radical (unpaired) electrons. The van der Waals surface area contributed by atoms with E-state index >= 15 is 0 Å². The summed E-state index contributed by atoms with van der Waals surface area (Å²) in [7, 11) is 1.54. The summed E-state index contributed by atoms with van der Waals surface area (Å²) in [5.74, 6) is 0.889. The number of rotatable bonds is 8. The van der Waals surface area contributed by atoms with Crippen molar-refractivity contribution in [3.8, 4) is 11.5 Å². The minimum atomic E-state index is -0.185. The molecule has 2 unspecified atom stereocenters. The van der Waals surface area contributed by atoms with Crippen LogP contribution in [0.2, 0.25) is 0 Å². The standard InChI is InChI=1S/C18H27N3O4.ClH/c1-3-20-17(22)11-25-15-7-4-12(8-16(15)24-2)10-21-18(23)13-5-6-14(19)9-13;/h4,7-8,13-14H,3,5-6,9-11,19H2,1-2H3,(H,20,22)(H,21,23);1H. The first-order valence-electron chi connectivity index (χ1n) is 8.63. The summed E-state index contributed by atoms with van der Waals surface area (Å²) in [6.45, 7) is 2.75. The molecule has 2 rings (SSSR count). The van der Waals surface area contributed by atoms with Gasteiger partial charge in [0.1, 0.15) is 0 Å². The number of nitrogens with one attached hydrogen (secondary N) is 2. The van der Waals surface area contributed by atoms with E-state index in [0.717, 1.165) is 24.8 Å². The van der Waals surface area contributed by atoms with Crippen molar-refractivity contribution < 1.29 is 19.1 Å². The molecule has 0 spiro atoms. The Morgan fingerprint density at radius 3 is 2.62 bits per heavy atom. The van der Waals surface area contributed by atoms with Crippen LogP contribution in [0.1, 0.15) is 31.7 Å². The highest BCUT2D eigenvalue weighted by Gasteiger charge is 2.27. The van der Waals surface area contributed by atoms with Crippen molar-refractivity contribution in [1.82, 2.24) is 10.6 Å². The average molecular weight is 386 g/mol. The topological polar surface area (TPSA) is 103 Å². The van der Waals surface area contributed by atoms with Crippen molar-refractivity contribution in [2.45, 2.75) is 38.8 Å². The zero-order valence-electron chi connectivity index (χ0n) is 15.2. The first kappa shape index (κ1) is 22.1. The van der Waals surface area contributed by atoms with Gasteiger partial charge in [-0.3, -0.25) is 9.59 Å². The normalized spacial score (nSPS) is 18.6. The highest BCUT2D eigenvalue weighted by molar-refractivity contribution is 5.85. The van der Waals surface area contributed by atoms with Gasteiger partial charge in [-0.2, -0.15) is 0 Å². The van der Waals surface area contributed by atoms with E-state index in [-0.39, 0.29) is 42.8 Å². The number of carbonyl (C=O) groups is 2. The highest BCUT2D eigenvalue weighted by atomic mass is 35.5. The van der Waals surface area contributed by atoms with Gasteiger partial charge in [-0.25, -0.2) is 0 Å².